The molecule has 0 aromatic heterocycles. The summed E-state index contributed by atoms with van der Waals surface area (Å²) in [7, 11) is 0. The van der Waals surface area contributed by atoms with Gasteiger partial charge in [0.2, 0.25) is 0 Å². The Morgan fingerprint density at radius 1 is 1.04 bits per heavy atom. The maximum Gasteiger partial charge on any atom is 0.163 e. The van der Waals surface area contributed by atoms with E-state index >= 15 is 0 Å². The summed E-state index contributed by atoms with van der Waals surface area (Å²) in [6.45, 7) is 7.85. The molecule has 144 valence electrons. The second-order valence-electron chi connectivity index (χ2n) is 7.20. The van der Waals surface area contributed by atoms with Crippen LogP contribution in [-0.4, -0.2) is 32.8 Å². The predicted octanol–water partition coefficient (Wildman–Crippen LogP) is 3.00. The third kappa shape index (κ3) is 3.64. The summed E-state index contributed by atoms with van der Waals surface area (Å²) in [5.74, 6) is -1.54. The van der Waals surface area contributed by atoms with Crippen molar-refractivity contribution < 1.29 is 8.78 Å². The molecule has 1 saturated heterocycles. The lowest BCUT2D eigenvalue weighted by Gasteiger charge is -2.38. The zero-order valence-corrected chi connectivity index (χ0v) is 15.7. The molecule has 0 aliphatic carbocycles. The molecule has 2 aliphatic rings. The molecule has 0 unspecified atom stereocenters. The number of halogens is 2. The van der Waals surface area contributed by atoms with Gasteiger partial charge in [0, 0.05) is 61.8 Å². The van der Waals surface area contributed by atoms with Crippen molar-refractivity contribution in [1.82, 2.24) is 10.6 Å². The Hall–Kier alpha value is -2.18. The average molecular weight is 372 g/mol. The van der Waals surface area contributed by atoms with Gasteiger partial charge < -0.3 is 15.1 Å². The van der Waals surface area contributed by atoms with Crippen molar-refractivity contribution in [2.24, 2.45) is 0 Å². The van der Waals surface area contributed by atoms with Crippen LogP contribution in [-0.2, 0) is 19.5 Å². The van der Waals surface area contributed by atoms with Gasteiger partial charge in [-0.05, 0) is 30.2 Å². The summed E-state index contributed by atoms with van der Waals surface area (Å²) in [6.07, 6.45) is 0.946. The first-order valence-electron chi connectivity index (χ1n) is 9.67. The third-order valence-corrected chi connectivity index (χ3v) is 5.47. The third-order valence-electron chi connectivity index (χ3n) is 5.47. The van der Waals surface area contributed by atoms with Crippen molar-refractivity contribution in [3.05, 3.63) is 58.7 Å². The molecule has 2 aliphatic heterocycles. The van der Waals surface area contributed by atoms with Gasteiger partial charge in [-0.2, -0.15) is 0 Å². The topological polar surface area (TPSA) is 30.5 Å². The Balaban J connectivity index is 1.71. The Morgan fingerprint density at radius 3 is 2.59 bits per heavy atom. The van der Waals surface area contributed by atoms with Crippen LogP contribution < -0.4 is 20.4 Å². The highest BCUT2D eigenvalue weighted by Gasteiger charge is 2.24. The number of fused-ring (bicyclic) bond motifs is 1. The molecule has 0 saturated carbocycles. The van der Waals surface area contributed by atoms with Gasteiger partial charge in [0.1, 0.15) is 0 Å². The van der Waals surface area contributed by atoms with E-state index in [9.17, 15) is 8.78 Å². The number of nitrogens with one attached hydrogen (secondary N) is 2. The SMILES string of the molecule is CCc1cc(N2CCNCC2)c2c(c1)N(Cc1cccc(F)c1F)CNC2. The van der Waals surface area contributed by atoms with Crippen LogP contribution in [0.2, 0.25) is 0 Å². The lowest BCUT2D eigenvalue weighted by molar-refractivity contribution is 0.494. The van der Waals surface area contributed by atoms with Crippen molar-refractivity contribution >= 4 is 11.4 Å². The molecule has 0 bridgehead atoms. The summed E-state index contributed by atoms with van der Waals surface area (Å²) in [4.78, 5) is 4.55. The van der Waals surface area contributed by atoms with Crippen LogP contribution in [0.3, 0.4) is 0 Å². The number of benzene rings is 2. The average Bonchev–Trinajstić information content (AvgIpc) is 2.71. The number of aryl methyl sites for hydroxylation is 1. The van der Waals surface area contributed by atoms with Crippen molar-refractivity contribution in [3.63, 3.8) is 0 Å². The fraction of sp³-hybridized carbons (Fsp3) is 0.429. The summed E-state index contributed by atoms with van der Waals surface area (Å²) in [5, 5.41) is 6.83. The number of anilines is 2. The van der Waals surface area contributed by atoms with Gasteiger partial charge in [0.05, 0.1) is 6.67 Å². The molecule has 2 heterocycles. The lowest BCUT2D eigenvalue weighted by Crippen LogP contribution is -2.45. The smallest absolute Gasteiger partial charge is 0.163 e. The minimum absolute atomic E-state index is 0.345. The zero-order chi connectivity index (χ0) is 18.8. The maximum atomic E-state index is 14.2. The number of rotatable bonds is 4. The summed E-state index contributed by atoms with van der Waals surface area (Å²) < 4.78 is 27.8. The highest BCUT2D eigenvalue weighted by Crippen LogP contribution is 2.35. The van der Waals surface area contributed by atoms with Crippen LogP contribution in [0.15, 0.2) is 30.3 Å². The molecular weight excluding hydrogens is 346 g/mol. The molecule has 0 amide bonds. The van der Waals surface area contributed by atoms with E-state index in [1.54, 1.807) is 12.1 Å². The van der Waals surface area contributed by atoms with E-state index < -0.39 is 11.6 Å². The first-order chi connectivity index (χ1) is 13.2. The van der Waals surface area contributed by atoms with Gasteiger partial charge in [-0.1, -0.05) is 19.1 Å². The van der Waals surface area contributed by atoms with Crippen LogP contribution in [0.25, 0.3) is 0 Å². The van der Waals surface area contributed by atoms with Gasteiger partial charge in [-0.15, -0.1) is 0 Å². The number of piperazine rings is 1. The highest BCUT2D eigenvalue weighted by atomic mass is 19.2. The largest absolute Gasteiger partial charge is 0.369 e. The molecule has 2 N–H and O–H groups in total. The second-order valence-corrected chi connectivity index (χ2v) is 7.20. The van der Waals surface area contributed by atoms with E-state index in [2.05, 4.69) is 39.5 Å². The molecule has 0 radical (unpaired) electrons. The summed E-state index contributed by atoms with van der Waals surface area (Å²) in [6, 6.07) is 8.89. The Kier molecular flexibility index (Phi) is 5.27. The molecule has 4 rings (SSSR count). The van der Waals surface area contributed by atoms with Crippen LogP contribution >= 0.6 is 0 Å². The fourth-order valence-corrected chi connectivity index (χ4v) is 3.97. The zero-order valence-electron chi connectivity index (χ0n) is 15.7. The Morgan fingerprint density at radius 2 is 1.81 bits per heavy atom. The lowest BCUT2D eigenvalue weighted by atomic mass is 10.00. The van der Waals surface area contributed by atoms with E-state index in [1.165, 1.54) is 22.9 Å². The first-order valence-corrected chi connectivity index (χ1v) is 9.67. The molecule has 4 nitrogen and oxygen atoms in total. The molecule has 2 aromatic carbocycles. The molecule has 2 aromatic rings. The molecule has 0 spiro atoms. The maximum absolute atomic E-state index is 14.2. The van der Waals surface area contributed by atoms with Gasteiger partial charge in [-0.3, -0.25) is 5.32 Å². The minimum atomic E-state index is -0.790. The van der Waals surface area contributed by atoms with Crippen molar-refractivity contribution in [3.8, 4) is 0 Å². The van der Waals surface area contributed by atoms with Crippen LogP contribution in [0.4, 0.5) is 20.2 Å². The number of hydrogen-bond acceptors (Lipinski definition) is 4. The van der Waals surface area contributed by atoms with Crippen LogP contribution in [0.5, 0.6) is 0 Å². The summed E-state index contributed by atoms with van der Waals surface area (Å²) >= 11 is 0. The van der Waals surface area contributed by atoms with E-state index in [0.29, 0.717) is 18.8 Å². The molecule has 6 heteroatoms. The normalized spacial score (nSPS) is 17.1. The standard InChI is InChI=1S/C21H26F2N4/c1-2-15-10-19(26-8-6-24-7-9-26)17-12-25-14-27(20(17)11-15)13-16-4-3-5-18(22)21(16)23/h3-5,10-11,24-25H,2,6-9,12-14H2,1H3. The van der Waals surface area contributed by atoms with Gasteiger partial charge >= 0.3 is 0 Å². The first kappa shape index (κ1) is 18.2. The van der Waals surface area contributed by atoms with Crippen LogP contribution in [0, 0.1) is 11.6 Å². The van der Waals surface area contributed by atoms with Crippen molar-refractivity contribution in [2.75, 3.05) is 42.6 Å². The van der Waals surface area contributed by atoms with Crippen molar-refractivity contribution in [1.29, 1.82) is 0 Å². The van der Waals surface area contributed by atoms with E-state index in [0.717, 1.165) is 44.8 Å². The van der Waals surface area contributed by atoms with Gasteiger partial charge in [0.25, 0.3) is 0 Å². The Bertz CT molecular complexity index is 818. The molecule has 27 heavy (non-hydrogen) atoms. The van der Waals surface area contributed by atoms with E-state index in [4.69, 9.17) is 0 Å². The molecule has 1 fully saturated rings. The quantitative estimate of drug-likeness (QED) is 0.864. The monoisotopic (exact) mass is 372 g/mol. The predicted molar refractivity (Wildman–Crippen MR) is 105 cm³/mol. The summed E-state index contributed by atoms with van der Waals surface area (Å²) in [5.41, 5.74) is 5.30. The van der Waals surface area contributed by atoms with E-state index in [1.807, 2.05) is 0 Å². The Labute approximate surface area is 159 Å². The minimum Gasteiger partial charge on any atom is -0.369 e. The number of hydrogen-bond donors (Lipinski definition) is 2. The fourth-order valence-electron chi connectivity index (χ4n) is 3.97. The van der Waals surface area contributed by atoms with Crippen molar-refractivity contribution in [2.45, 2.75) is 26.4 Å². The second kappa shape index (κ2) is 7.82. The van der Waals surface area contributed by atoms with Crippen LogP contribution in [0.1, 0.15) is 23.6 Å². The molecule has 0 atom stereocenters. The van der Waals surface area contributed by atoms with E-state index in [-0.39, 0.29) is 0 Å². The highest BCUT2D eigenvalue weighted by molar-refractivity contribution is 5.71. The van der Waals surface area contributed by atoms with Gasteiger partial charge in [-0.25, -0.2) is 8.78 Å². The molecular formula is C21H26F2N4. The van der Waals surface area contributed by atoms with Gasteiger partial charge in [0.15, 0.2) is 11.6 Å². The number of nitrogens with zero attached hydrogens (tertiary/aromatic N) is 2.